The van der Waals surface area contributed by atoms with Crippen molar-refractivity contribution in [3.8, 4) is 0 Å². The van der Waals surface area contributed by atoms with Crippen molar-refractivity contribution >= 4 is 15.9 Å². The number of alkyl halides is 3. The Morgan fingerprint density at radius 2 is 1.92 bits per heavy atom. The first-order chi connectivity index (χ1) is 5.79. The van der Waals surface area contributed by atoms with E-state index >= 15 is 0 Å². The molecule has 1 nitrogen and oxygen atoms in total. The average molecular weight is 259 g/mol. The second-order valence-corrected chi connectivity index (χ2v) is 3.33. The van der Waals surface area contributed by atoms with Crippen LogP contribution in [0.15, 0.2) is 21.9 Å². The van der Waals surface area contributed by atoms with Gasteiger partial charge in [-0.3, -0.25) is 0 Å². The quantitative estimate of drug-likeness (QED) is 0.585. The lowest BCUT2D eigenvalue weighted by Gasteiger charge is -2.06. The molecule has 0 saturated carbocycles. The Balaban J connectivity index is 4.77. The Morgan fingerprint density at radius 3 is 2.23 bits per heavy atom. The summed E-state index contributed by atoms with van der Waals surface area (Å²) < 4.78 is 36.0. The summed E-state index contributed by atoms with van der Waals surface area (Å²) in [6.45, 7) is 2.59. The number of allylic oxidation sites excluding steroid dienone is 4. The van der Waals surface area contributed by atoms with Crippen LogP contribution in [0.5, 0.6) is 0 Å². The molecular formula is C8H10BrF3O. The molecule has 0 bridgehead atoms. The molecule has 0 aliphatic carbocycles. The first kappa shape index (κ1) is 12.6. The summed E-state index contributed by atoms with van der Waals surface area (Å²) in [5, 5.41) is 9.06. The summed E-state index contributed by atoms with van der Waals surface area (Å²) in [6.07, 6.45) is -3.19. The largest absolute Gasteiger partial charge is 0.511 e. The predicted octanol–water partition coefficient (Wildman–Crippen LogP) is 4.07. The Kier molecular flexibility index (Phi) is 4.53. The van der Waals surface area contributed by atoms with Gasteiger partial charge in [0, 0.05) is 12.0 Å². The predicted molar refractivity (Wildman–Crippen MR) is 48.7 cm³/mol. The minimum atomic E-state index is -4.34. The van der Waals surface area contributed by atoms with Gasteiger partial charge in [0.1, 0.15) is 5.76 Å². The molecule has 0 spiro atoms. The minimum Gasteiger partial charge on any atom is -0.511 e. The summed E-state index contributed by atoms with van der Waals surface area (Å²) in [6, 6.07) is 0. The van der Waals surface area contributed by atoms with Gasteiger partial charge in [0.05, 0.1) is 4.48 Å². The number of hydrogen-bond acceptors (Lipinski definition) is 1. The number of hydrogen-bond donors (Lipinski definition) is 1. The molecule has 76 valence electrons. The van der Waals surface area contributed by atoms with Gasteiger partial charge < -0.3 is 5.11 Å². The lowest BCUT2D eigenvalue weighted by molar-refractivity contribution is -0.0913. The van der Waals surface area contributed by atoms with Crippen molar-refractivity contribution < 1.29 is 18.3 Å². The van der Waals surface area contributed by atoms with Gasteiger partial charge in [0.15, 0.2) is 0 Å². The van der Waals surface area contributed by atoms with E-state index in [1.54, 1.807) is 6.92 Å². The van der Waals surface area contributed by atoms with Crippen molar-refractivity contribution in [1.82, 2.24) is 0 Å². The molecule has 0 radical (unpaired) electrons. The molecule has 0 aromatic heterocycles. The lowest BCUT2D eigenvalue weighted by Crippen LogP contribution is -2.08. The van der Waals surface area contributed by atoms with Crippen molar-refractivity contribution in [2.45, 2.75) is 26.4 Å². The van der Waals surface area contributed by atoms with Crippen LogP contribution in [0.4, 0.5) is 13.2 Å². The molecule has 0 fully saturated rings. The first-order valence-corrected chi connectivity index (χ1v) is 4.41. The SMILES string of the molecule is CC/C(O)=C(/Br)C=C(C)C(F)(F)F. The molecule has 0 saturated heterocycles. The molecule has 0 aliphatic rings. The third kappa shape index (κ3) is 4.36. The fraction of sp³-hybridized carbons (Fsp3) is 0.500. The number of aliphatic hydroxyl groups is 1. The highest BCUT2D eigenvalue weighted by Crippen LogP contribution is 2.28. The van der Waals surface area contributed by atoms with Gasteiger partial charge in [-0.05, 0) is 28.9 Å². The smallest absolute Gasteiger partial charge is 0.412 e. The maximum Gasteiger partial charge on any atom is 0.412 e. The lowest BCUT2D eigenvalue weighted by atomic mass is 10.2. The summed E-state index contributed by atoms with van der Waals surface area (Å²) >= 11 is 2.85. The highest BCUT2D eigenvalue weighted by molar-refractivity contribution is 9.11. The summed E-state index contributed by atoms with van der Waals surface area (Å²) in [5.41, 5.74) is -0.751. The van der Waals surface area contributed by atoms with Crippen molar-refractivity contribution in [2.75, 3.05) is 0 Å². The van der Waals surface area contributed by atoms with E-state index in [-0.39, 0.29) is 10.2 Å². The van der Waals surface area contributed by atoms with E-state index in [1.807, 2.05) is 0 Å². The molecule has 0 atom stereocenters. The van der Waals surface area contributed by atoms with Crippen LogP contribution in [0.1, 0.15) is 20.3 Å². The second-order valence-electron chi connectivity index (χ2n) is 2.47. The van der Waals surface area contributed by atoms with Gasteiger partial charge in [-0.2, -0.15) is 13.2 Å². The van der Waals surface area contributed by atoms with Gasteiger partial charge in [-0.15, -0.1) is 0 Å². The van der Waals surface area contributed by atoms with Crippen LogP contribution in [-0.4, -0.2) is 11.3 Å². The van der Waals surface area contributed by atoms with E-state index in [0.717, 1.165) is 13.0 Å². The monoisotopic (exact) mass is 258 g/mol. The van der Waals surface area contributed by atoms with E-state index in [1.165, 1.54) is 0 Å². The highest BCUT2D eigenvalue weighted by atomic mass is 79.9. The van der Waals surface area contributed by atoms with E-state index in [0.29, 0.717) is 6.42 Å². The van der Waals surface area contributed by atoms with Crippen LogP contribution in [0.2, 0.25) is 0 Å². The van der Waals surface area contributed by atoms with Crippen LogP contribution in [0, 0.1) is 0 Å². The van der Waals surface area contributed by atoms with Crippen LogP contribution in [0.3, 0.4) is 0 Å². The van der Waals surface area contributed by atoms with Gasteiger partial charge in [-0.25, -0.2) is 0 Å². The zero-order chi connectivity index (χ0) is 10.6. The average Bonchev–Trinajstić information content (AvgIpc) is 2.01. The fourth-order valence-electron chi connectivity index (χ4n) is 0.524. The minimum absolute atomic E-state index is 0.0739. The van der Waals surface area contributed by atoms with Crippen LogP contribution in [-0.2, 0) is 0 Å². The number of rotatable bonds is 2. The van der Waals surface area contributed by atoms with Crippen molar-refractivity contribution in [2.24, 2.45) is 0 Å². The van der Waals surface area contributed by atoms with Crippen LogP contribution >= 0.6 is 15.9 Å². The Bertz CT molecular complexity index is 240. The summed E-state index contributed by atoms with van der Waals surface area (Å²) in [4.78, 5) is 0. The van der Waals surface area contributed by atoms with Crippen molar-refractivity contribution in [1.29, 1.82) is 0 Å². The van der Waals surface area contributed by atoms with Crippen LogP contribution < -0.4 is 0 Å². The maximum atomic E-state index is 12.0. The Hall–Kier alpha value is -0.450. The third-order valence-electron chi connectivity index (χ3n) is 1.40. The topological polar surface area (TPSA) is 20.2 Å². The normalized spacial score (nSPS) is 15.7. The Labute approximate surface area is 83.1 Å². The summed E-state index contributed by atoms with van der Waals surface area (Å²) in [5.74, 6) is -0.0939. The van der Waals surface area contributed by atoms with E-state index in [9.17, 15) is 13.2 Å². The molecular weight excluding hydrogens is 249 g/mol. The van der Waals surface area contributed by atoms with Crippen molar-refractivity contribution in [3.05, 3.63) is 21.9 Å². The molecule has 0 aliphatic heterocycles. The van der Waals surface area contributed by atoms with E-state index in [2.05, 4.69) is 15.9 Å². The molecule has 0 amide bonds. The first-order valence-electron chi connectivity index (χ1n) is 3.62. The Morgan fingerprint density at radius 1 is 1.46 bits per heavy atom. The molecule has 5 heteroatoms. The molecule has 0 rings (SSSR count). The van der Waals surface area contributed by atoms with E-state index < -0.39 is 11.7 Å². The standard InChI is InChI=1S/C8H10BrF3O/c1-3-7(13)6(9)4-5(2)8(10,11)12/h4,13H,3H2,1-2H3/b5-4?,7-6-. The number of aliphatic hydroxyl groups excluding tert-OH is 1. The zero-order valence-electron chi connectivity index (χ0n) is 7.24. The second kappa shape index (κ2) is 4.69. The van der Waals surface area contributed by atoms with Crippen LogP contribution in [0.25, 0.3) is 0 Å². The molecule has 13 heavy (non-hydrogen) atoms. The zero-order valence-corrected chi connectivity index (χ0v) is 8.83. The molecule has 0 heterocycles. The third-order valence-corrected chi connectivity index (χ3v) is 2.09. The highest BCUT2D eigenvalue weighted by Gasteiger charge is 2.29. The number of halogens is 4. The van der Waals surface area contributed by atoms with Crippen molar-refractivity contribution in [3.63, 3.8) is 0 Å². The van der Waals surface area contributed by atoms with E-state index in [4.69, 9.17) is 5.11 Å². The van der Waals surface area contributed by atoms with Gasteiger partial charge in [0.2, 0.25) is 0 Å². The van der Waals surface area contributed by atoms with Gasteiger partial charge in [-0.1, -0.05) is 6.92 Å². The maximum absolute atomic E-state index is 12.0. The molecule has 0 aromatic carbocycles. The summed E-state index contributed by atoms with van der Waals surface area (Å²) in [7, 11) is 0. The molecule has 0 aromatic rings. The molecule has 1 N–H and O–H groups in total. The van der Waals surface area contributed by atoms with Gasteiger partial charge >= 0.3 is 6.18 Å². The van der Waals surface area contributed by atoms with Gasteiger partial charge in [0.25, 0.3) is 0 Å². The fourth-order valence-corrected chi connectivity index (χ4v) is 1.15. The molecule has 0 unspecified atom stereocenters.